The van der Waals surface area contributed by atoms with Gasteiger partial charge in [-0.3, -0.25) is 4.79 Å². The van der Waals surface area contributed by atoms with Gasteiger partial charge in [-0.15, -0.1) is 0 Å². The van der Waals surface area contributed by atoms with Crippen LogP contribution in [0.15, 0.2) is 36.7 Å². The molecule has 3 rings (SSSR count). The van der Waals surface area contributed by atoms with Crippen LogP contribution >= 0.6 is 0 Å². The number of nitrogens with zero attached hydrogens (tertiary/aromatic N) is 2. The minimum atomic E-state index is -2.91. The number of hydrogen-bond donors (Lipinski definition) is 1. The van der Waals surface area contributed by atoms with Gasteiger partial charge in [-0.05, 0) is 31.0 Å². The average molecular weight is 305 g/mol. The van der Waals surface area contributed by atoms with Gasteiger partial charge in [0.05, 0.1) is 0 Å². The van der Waals surface area contributed by atoms with Crippen molar-refractivity contribution in [3.05, 3.63) is 48.0 Å². The number of nitrogens with one attached hydrogen (secondary N) is 1. The zero-order chi connectivity index (χ0) is 15.5. The van der Waals surface area contributed by atoms with Gasteiger partial charge in [0.2, 0.25) is 0 Å². The number of ether oxygens (including phenoxy) is 1. The minimum absolute atomic E-state index is 0.0193. The van der Waals surface area contributed by atoms with Crippen LogP contribution in [0.2, 0.25) is 0 Å². The first-order chi connectivity index (χ1) is 10.6. The van der Waals surface area contributed by atoms with Crippen molar-refractivity contribution >= 4 is 11.6 Å². The lowest BCUT2D eigenvalue weighted by atomic mass is 10.2. The summed E-state index contributed by atoms with van der Waals surface area (Å²) in [6, 6.07) is 7.47. The van der Waals surface area contributed by atoms with Gasteiger partial charge in [0.1, 0.15) is 17.8 Å². The van der Waals surface area contributed by atoms with E-state index in [1.165, 1.54) is 24.5 Å². The van der Waals surface area contributed by atoms with Crippen LogP contribution in [0.5, 0.6) is 5.75 Å². The smallest absolute Gasteiger partial charge is 0.387 e. The molecule has 0 atom stereocenters. The Kier molecular flexibility index (Phi) is 3.95. The molecule has 1 aromatic carbocycles. The van der Waals surface area contributed by atoms with Crippen LogP contribution in [-0.4, -0.2) is 22.5 Å². The number of halogens is 2. The molecule has 1 aliphatic carbocycles. The van der Waals surface area contributed by atoms with E-state index in [0.717, 1.165) is 18.5 Å². The second-order valence-corrected chi connectivity index (χ2v) is 4.96. The third-order valence-corrected chi connectivity index (χ3v) is 3.23. The summed E-state index contributed by atoms with van der Waals surface area (Å²) in [5, 5.41) is 2.60. The Morgan fingerprint density at radius 3 is 2.82 bits per heavy atom. The van der Waals surface area contributed by atoms with E-state index < -0.39 is 12.5 Å². The topological polar surface area (TPSA) is 64.1 Å². The van der Waals surface area contributed by atoms with Crippen LogP contribution in [0.4, 0.5) is 14.5 Å². The van der Waals surface area contributed by atoms with E-state index in [4.69, 9.17) is 0 Å². The molecule has 0 radical (unpaired) electrons. The third kappa shape index (κ3) is 3.55. The van der Waals surface area contributed by atoms with E-state index in [1.807, 2.05) is 0 Å². The number of aromatic nitrogens is 2. The van der Waals surface area contributed by atoms with Gasteiger partial charge in [-0.2, -0.15) is 8.78 Å². The van der Waals surface area contributed by atoms with Crippen molar-refractivity contribution in [1.29, 1.82) is 0 Å². The molecule has 7 heteroatoms. The minimum Gasteiger partial charge on any atom is -0.435 e. The van der Waals surface area contributed by atoms with Crippen molar-refractivity contribution in [1.82, 2.24) is 9.97 Å². The summed E-state index contributed by atoms with van der Waals surface area (Å²) in [6.45, 7) is -2.91. The van der Waals surface area contributed by atoms with E-state index in [0.29, 0.717) is 11.6 Å². The van der Waals surface area contributed by atoms with Gasteiger partial charge >= 0.3 is 6.61 Å². The van der Waals surface area contributed by atoms with Gasteiger partial charge in [-0.25, -0.2) is 9.97 Å². The molecule has 0 saturated heterocycles. The van der Waals surface area contributed by atoms with Crippen molar-refractivity contribution in [3.63, 3.8) is 0 Å². The second kappa shape index (κ2) is 6.05. The van der Waals surface area contributed by atoms with E-state index in [1.54, 1.807) is 12.1 Å². The van der Waals surface area contributed by atoms with Gasteiger partial charge in [0.15, 0.2) is 0 Å². The molecule has 0 aliphatic heterocycles. The van der Waals surface area contributed by atoms with Gasteiger partial charge in [-0.1, -0.05) is 6.07 Å². The lowest BCUT2D eigenvalue weighted by Gasteiger charge is -2.08. The van der Waals surface area contributed by atoms with E-state index in [2.05, 4.69) is 20.0 Å². The first-order valence-electron chi connectivity index (χ1n) is 6.80. The first-order valence-corrected chi connectivity index (χ1v) is 6.80. The Labute approximate surface area is 125 Å². The molecule has 0 unspecified atom stereocenters. The van der Waals surface area contributed by atoms with E-state index >= 15 is 0 Å². The molecule has 0 spiro atoms. The Bertz CT molecular complexity index is 690. The predicted octanol–water partition coefficient (Wildman–Crippen LogP) is 3.21. The molecule has 1 saturated carbocycles. The summed E-state index contributed by atoms with van der Waals surface area (Å²) < 4.78 is 28.6. The number of amides is 1. The molecule has 1 aliphatic rings. The molecule has 1 N–H and O–H groups in total. The van der Waals surface area contributed by atoms with E-state index in [9.17, 15) is 13.6 Å². The van der Waals surface area contributed by atoms with Crippen LogP contribution in [-0.2, 0) is 0 Å². The highest BCUT2D eigenvalue weighted by molar-refractivity contribution is 6.02. The zero-order valence-electron chi connectivity index (χ0n) is 11.5. The van der Waals surface area contributed by atoms with Crippen LogP contribution in [0.3, 0.4) is 0 Å². The van der Waals surface area contributed by atoms with Gasteiger partial charge in [0.25, 0.3) is 5.91 Å². The van der Waals surface area contributed by atoms with Crippen molar-refractivity contribution in [2.45, 2.75) is 25.4 Å². The fraction of sp³-hybridized carbons (Fsp3) is 0.267. The molecule has 2 aromatic rings. The third-order valence-electron chi connectivity index (χ3n) is 3.23. The summed E-state index contributed by atoms with van der Waals surface area (Å²) in [7, 11) is 0. The molecular formula is C15H13F2N3O2. The summed E-state index contributed by atoms with van der Waals surface area (Å²) in [5.41, 5.74) is 1.46. The number of anilines is 1. The molecule has 1 fully saturated rings. The Morgan fingerprint density at radius 1 is 1.27 bits per heavy atom. The summed E-state index contributed by atoms with van der Waals surface area (Å²) >= 11 is 0. The zero-order valence-corrected chi connectivity index (χ0v) is 11.5. The van der Waals surface area contributed by atoms with Crippen LogP contribution < -0.4 is 10.1 Å². The molecule has 0 bridgehead atoms. The molecule has 114 valence electrons. The highest BCUT2D eigenvalue weighted by Gasteiger charge is 2.26. The van der Waals surface area contributed by atoms with Crippen LogP contribution in [0.25, 0.3) is 0 Å². The standard InChI is InChI=1S/C15H13F2N3O2/c16-15(17)22-11-3-1-2-10(6-11)20-14(21)13-7-12(9-4-5-9)18-8-19-13/h1-3,6-9,15H,4-5H2,(H,20,21). The first kappa shape index (κ1) is 14.4. The maximum absolute atomic E-state index is 12.2. The van der Waals surface area contributed by atoms with Gasteiger partial charge in [0, 0.05) is 23.4 Å². The number of benzene rings is 1. The SMILES string of the molecule is O=C(Nc1cccc(OC(F)F)c1)c1cc(C2CC2)ncn1. The maximum atomic E-state index is 12.2. The van der Waals surface area contributed by atoms with Crippen molar-refractivity contribution in [2.75, 3.05) is 5.32 Å². The fourth-order valence-corrected chi connectivity index (χ4v) is 2.04. The molecule has 1 amide bonds. The molecule has 5 nitrogen and oxygen atoms in total. The number of hydrogen-bond acceptors (Lipinski definition) is 4. The predicted molar refractivity (Wildman–Crippen MR) is 75.0 cm³/mol. The Hall–Kier alpha value is -2.57. The highest BCUT2D eigenvalue weighted by Crippen LogP contribution is 2.38. The molecule has 1 aromatic heterocycles. The van der Waals surface area contributed by atoms with Crippen molar-refractivity contribution in [2.24, 2.45) is 0 Å². The van der Waals surface area contributed by atoms with Crippen molar-refractivity contribution < 1.29 is 18.3 Å². The van der Waals surface area contributed by atoms with Crippen LogP contribution in [0, 0.1) is 0 Å². The molecule has 1 heterocycles. The lowest BCUT2D eigenvalue weighted by molar-refractivity contribution is -0.0497. The fourth-order valence-electron chi connectivity index (χ4n) is 2.04. The lowest BCUT2D eigenvalue weighted by Crippen LogP contribution is -2.14. The van der Waals surface area contributed by atoms with E-state index in [-0.39, 0.29) is 11.4 Å². The number of carbonyl (C=O) groups is 1. The molecule has 22 heavy (non-hydrogen) atoms. The van der Waals surface area contributed by atoms with Gasteiger partial charge < -0.3 is 10.1 Å². The normalized spacial score (nSPS) is 14.0. The Morgan fingerprint density at radius 2 is 2.09 bits per heavy atom. The summed E-state index contributed by atoms with van der Waals surface area (Å²) in [5.74, 6) is -0.0232. The number of carbonyl (C=O) groups excluding carboxylic acids is 1. The number of alkyl halides is 2. The maximum Gasteiger partial charge on any atom is 0.387 e. The largest absolute Gasteiger partial charge is 0.435 e. The molecular weight excluding hydrogens is 292 g/mol. The average Bonchev–Trinajstić information content (AvgIpc) is 3.32. The monoisotopic (exact) mass is 305 g/mol. The summed E-state index contributed by atoms with van der Waals surface area (Å²) in [6.07, 6.45) is 3.51. The Balaban J connectivity index is 1.72. The quantitative estimate of drug-likeness (QED) is 0.921. The van der Waals surface area contributed by atoms with Crippen LogP contribution in [0.1, 0.15) is 34.9 Å². The number of rotatable bonds is 5. The highest BCUT2D eigenvalue weighted by atomic mass is 19.3. The van der Waals surface area contributed by atoms with Crippen molar-refractivity contribution in [3.8, 4) is 5.75 Å². The second-order valence-electron chi connectivity index (χ2n) is 4.96. The summed E-state index contributed by atoms with van der Waals surface area (Å²) in [4.78, 5) is 20.2.